The maximum absolute atomic E-state index is 11.4. The van der Waals surface area contributed by atoms with Crippen molar-refractivity contribution in [3.63, 3.8) is 0 Å². The van der Waals surface area contributed by atoms with Gasteiger partial charge in [-0.15, -0.1) is 0 Å². The lowest BCUT2D eigenvalue weighted by Crippen LogP contribution is -2.37. The summed E-state index contributed by atoms with van der Waals surface area (Å²) in [5, 5.41) is 4.22. The van der Waals surface area contributed by atoms with E-state index in [2.05, 4.69) is 20.0 Å². The Labute approximate surface area is 111 Å². The number of carbonyl (C=O) groups excluding carboxylic acids is 1. The van der Waals surface area contributed by atoms with E-state index in [9.17, 15) is 4.79 Å². The maximum atomic E-state index is 11.4. The van der Waals surface area contributed by atoms with E-state index in [4.69, 9.17) is 0 Å². The number of rotatable bonds is 2. The minimum atomic E-state index is 0.213. The molecule has 0 radical (unpaired) electrons. The monoisotopic (exact) mass is 259 g/mol. The second kappa shape index (κ2) is 4.60. The van der Waals surface area contributed by atoms with Gasteiger partial charge in [0.25, 0.3) is 5.78 Å². The molecule has 0 amide bonds. The third-order valence-corrected chi connectivity index (χ3v) is 3.75. The summed E-state index contributed by atoms with van der Waals surface area (Å²) in [5.41, 5.74) is 0.934. The Balaban J connectivity index is 1.89. The summed E-state index contributed by atoms with van der Waals surface area (Å²) in [6, 6.07) is 2.02. The van der Waals surface area contributed by atoms with Crippen LogP contribution in [0.1, 0.15) is 25.5 Å². The van der Waals surface area contributed by atoms with E-state index < -0.39 is 0 Å². The van der Waals surface area contributed by atoms with Gasteiger partial charge >= 0.3 is 0 Å². The van der Waals surface area contributed by atoms with Gasteiger partial charge in [-0.25, -0.2) is 4.98 Å². The van der Waals surface area contributed by atoms with Crippen molar-refractivity contribution in [2.24, 2.45) is 5.92 Å². The molecule has 0 N–H and O–H groups in total. The highest BCUT2D eigenvalue weighted by Gasteiger charge is 2.24. The average Bonchev–Trinajstić information content (AvgIpc) is 2.85. The lowest BCUT2D eigenvalue weighted by molar-refractivity contribution is -0.121. The number of anilines is 1. The van der Waals surface area contributed by atoms with Crippen LogP contribution in [-0.4, -0.2) is 38.5 Å². The molecule has 1 saturated heterocycles. The molecule has 100 valence electrons. The molecule has 3 heterocycles. The Bertz CT molecular complexity index is 613. The quantitative estimate of drug-likeness (QED) is 0.812. The maximum Gasteiger partial charge on any atom is 0.254 e. The molecule has 1 fully saturated rings. The Morgan fingerprint density at radius 2 is 2.11 bits per heavy atom. The van der Waals surface area contributed by atoms with Crippen molar-refractivity contribution in [1.29, 1.82) is 0 Å². The van der Waals surface area contributed by atoms with Crippen LogP contribution < -0.4 is 4.90 Å². The van der Waals surface area contributed by atoms with Crippen LogP contribution in [0.15, 0.2) is 12.4 Å². The van der Waals surface area contributed by atoms with Crippen LogP contribution in [0, 0.1) is 12.8 Å². The van der Waals surface area contributed by atoms with Crippen LogP contribution in [0.25, 0.3) is 5.78 Å². The first-order valence-electron chi connectivity index (χ1n) is 6.58. The molecule has 2 aromatic rings. The Morgan fingerprint density at radius 1 is 1.37 bits per heavy atom. The molecule has 1 aliphatic rings. The second-order valence-corrected chi connectivity index (χ2v) is 5.10. The van der Waals surface area contributed by atoms with Crippen LogP contribution in [-0.2, 0) is 4.79 Å². The highest BCUT2D eigenvalue weighted by molar-refractivity contribution is 5.78. The molecule has 0 bridgehead atoms. The van der Waals surface area contributed by atoms with Crippen LogP contribution in [0.5, 0.6) is 0 Å². The van der Waals surface area contributed by atoms with Gasteiger partial charge < -0.3 is 4.90 Å². The molecule has 19 heavy (non-hydrogen) atoms. The third kappa shape index (κ3) is 2.18. The molecule has 0 aliphatic carbocycles. The van der Waals surface area contributed by atoms with E-state index in [1.54, 1.807) is 11.4 Å². The topological polar surface area (TPSA) is 63.4 Å². The van der Waals surface area contributed by atoms with Gasteiger partial charge in [-0.2, -0.15) is 14.6 Å². The SMILES string of the molecule is CC(=O)C1CCN(c2cc(C)nc3ncnn23)CC1. The second-order valence-electron chi connectivity index (χ2n) is 5.10. The Hall–Kier alpha value is -1.98. The van der Waals surface area contributed by atoms with E-state index in [0.29, 0.717) is 11.6 Å². The molecule has 0 unspecified atom stereocenters. The van der Waals surface area contributed by atoms with Crippen molar-refractivity contribution in [1.82, 2.24) is 19.6 Å². The lowest BCUT2D eigenvalue weighted by atomic mass is 9.93. The highest BCUT2D eigenvalue weighted by atomic mass is 16.1. The molecule has 3 rings (SSSR count). The van der Waals surface area contributed by atoms with Gasteiger partial charge in [-0.3, -0.25) is 4.79 Å². The summed E-state index contributed by atoms with van der Waals surface area (Å²) in [7, 11) is 0. The summed E-state index contributed by atoms with van der Waals surface area (Å²) in [6.07, 6.45) is 3.34. The number of piperidine rings is 1. The van der Waals surface area contributed by atoms with Crippen molar-refractivity contribution in [2.45, 2.75) is 26.7 Å². The van der Waals surface area contributed by atoms with Crippen molar-refractivity contribution >= 4 is 17.4 Å². The van der Waals surface area contributed by atoms with E-state index in [1.807, 2.05) is 13.0 Å². The van der Waals surface area contributed by atoms with Crippen molar-refractivity contribution in [2.75, 3.05) is 18.0 Å². The summed E-state index contributed by atoms with van der Waals surface area (Å²) in [5.74, 6) is 2.16. The zero-order chi connectivity index (χ0) is 13.4. The minimum absolute atomic E-state index is 0.213. The number of nitrogens with zero attached hydrogens (tertiary/aromatic N) is 5. The number of ketones is 1. The van der Waals surface area contributed by atoms with Crippen molar-refractivity contribution < 1.29 is 4.79 Å². The number of fused-ring (bicyclic) bond motifs is 1. The zero-order valence-electron chi connectivity index (χ0n) is 11.2. The largest absolute Gasteiger partial charge is 0.356 e. The highest BCUT2D eigenvalue weighted by Crippen LogP contribution is 2.24. The lowest BCUT2D eigenvalue weighted by Gasteiger charge is -2.32. The van der Waals surface area contributed by atoms with Crippen molar-refractivity contribution in [3.05, 3.63) is 18.1 Å². The molecule has 0 spiro atoms. The number of aryl methyl sites for hydroxylation is 1. The summed E-state index contributed by atoms with van der Waals surface area (Å²) < 4.78 is 1.76. The van der Waals surface area contributed by atoms with Gasteiger partial charge in [0.2, 0.25) is 0 Å². The van der Waals surface area contributed by atoms with Crippen LogP contribution in [0.3, 0.4) is 0 Å². The first-order valence-corrected chi connectivity index (χ1v) is 6.58. The molecule has 0 aromatic carbocycles. The molecule has 6 heteroatoms. The Morgan fingerprint density at radius 3 is 2.79 bits per heavy atom. The summed E-state index contributed by atoms with van der Waals surface area (Å²) >= 11 is 0. The van der Waals surface area contributed by atoms with Crippen LogP contribution in [0.4, 0.5) is 5.82 Å². The fraction of sp³-hybridized carbons (Fsp3) is 0.538. The standard InChI is InChI=1S/C13H17N5O/c1-9-7-12(18-13(16-9)14-8-15-18)17-5-3-11(4-6-17)10(2)19/h7-8,11H,3-6H2,1-2H3. The zero-order valence-corrected chi connectivity index (χ0v) is 11.2. The fourth-order valence-electron chi connectivity index (χ4n) is 2.65. The minimum Gasteiger partial charge on any atom is -0.356 e. The summed E-state index contributed by atoms with van der Waals surface area (Å²) in [4.78, 5) is 22.2. The molecule has 1 aliphatic heterocycles. The first kappa shape index (κ1) is 12.1. The van der Waals surface area contributed by atoms with E-state index in [-0.39, 0.29) is 5.92 Å². The third-order valence-electron chi connectivity index (χ3n) is 3.75. The molecular weight excluding hydrogens is 242 g/mol. The molecular formula is C13H17N5O. The fourth-order valence-corrected chi connectivity index (χ4v) is 2.65. The number of hydrogen-bond acceptors (Lipinski definition) is 5. The van der Waals surface area contributed by atoms with Gasteiger partial charge in [-0.1, -0.05) is 0 Å². The number of aromatic nitrogens is 4. The summed E-state index contributed by atoms with van der Waals surface area (Å²) in [6.45, 7) is 5.40. The number of carbonyl (C=O) groups is 1. The molecule has 2 aromatic heterocycles. The van der Waals surface area contributed by atoms with Crippen LogP contribution >= 0.6 is 0 Å². The number of Topliss-reactive ketones (excluding diaryl/α,β-unsaturated/α-hetero) is 1. The predicted octanol–water partition coefficient (Wildman–Crippen LogP) is 1.24. The molecule has 6 nitrogen and oxygen atoms in total. The molecule has 0 atom stereocenters. The van der Waals surface area contributed by atoms with Crippen molar-refractivity contribution in [3.8, 4) is 0 Å². The Kier molecular flexibility index (Phi) is 2.93. The smallest absolute Gasteiger partial charge is 0.254 e. The normalized spacial score (nSPS) is 17.1. The van der Waals surface area contributed by atoms with Gasteiger partial charge in [0.05, 0.1) is 0 Å². The average molecular weight is 259 g/mol. The van der Waals surface area contributed by atoms with E-state index in [1.165, 1.54) is 6.33 Å². The van der Waals surface area contributed by atoms with Gasteiger partial charge in [0, 0.05) is 30.8 Å². The van der Waals surface area contributed by atoms with Gasteiger partial charge in [0.1, 0.15) is 17.9 Å². The molecule has 0 saturated carbocycles. The van der Waals surface area contributed by atoms with Gasteiger partial charge in [0.15, 0.2) is 0 Å². The van der Waals surface area contributed by atoms with E-state index in [0.717, 1.165) is 37.4 Å². The van der Waals surface area contributed by atoms with Crippen LogP contribution in [0.2, 0.25) is 0 Å². The predicted molar refractivity (Wildman–Crippen MR) is 71.1 cm³/mol. The van der Waals surface area contributed by atoms with Gasteiger partial charge in [-0.05, 0) is 26.7 Å². The van der Waals surface area contributed by atoms with E-state index >= 15 is 0 Å². The number of hydrogen-bond donors (Lipinski definition) is 0. The first-order chi connectivity index (χ1) is 9.15.